The average molecular weight is 266 g/mol. The molecule has 3 rings (SSSR count). The molecule has 3 aromatic rings. The van der Waals surface area contributed by atoms with Gasteiger partial charge >= 0.3 is 0 Å². The molecule has 0 fully saturated rings. The van der Waals surface area contributed by atoms with Crippen molar-refractivity contribution in [2.75, 3.05) is 0 Å². The molecule has 20 heavy (non-hydrogen) atoms. The Balaban J connectivity index is 1.83. The van der Waals surface area contributed by atoms with Crippen LogP contribution in [0, 0.1) is 0 Å². The Hall–Kier alpha value is -2.69. The van der Waals surface area contributed by atoms with Gasteiger partial charge < -0.3 is 5.32 Å². The van der Waals surface area contributed by atoms with E-state index in [-0.39, 0.29) is 5.91 Å². The largest absolute Gasteiger partial charge is 0.347 e. The van der Waals surface area contributed by atoms with Gasteiger partial charge in [0, 0.05) is 31.4 Å². The highest BCUT2D eigenvalue weighted by atomic mass is 16.1. The number of carbonyl (C=O) groups excluding carboxylic acids is 1. The highest BCUT2D eigenvalue weighted by Crippen LogP contribution is 2.17. The summed E-state index contributed by atoms with van der Waals surface area (Å²) >= 11 is 0. The number of pyridine rings is 1. The van der Waals surface area contributed by atoms with Crippen LogP contribution in [0.2, 0.25) is 0 Å². The van der Waals surface area contributed by atoms with Gasteiger partial charge in [0.15, 0.2) is 5.69 Å². The molecule has 1 aromatic carbocycles. The standard InChI is InChI=1S/C15H14N4O/c1-19-13-5-3-2-4-12(13)14(18-19)15(20)17-10-11-6-8-16-9-7-11/h2-9H,10H2,1H3,(H,17,20). The summed E-state index contributed by atoms with van der Waals surface area (Å²) in [6, 6.07) is 11.4. The Morgan fingerprint density at radius 3 is 2.75 bits per heavy atom. The summed E-state index contributed by atoms with van der Waals surface area (Å²) in [5.74, 6) is -0.168. The van der Waals surface area contributed by atoms with E-state index in [0.717, 1.165) is 16.5 Å². The zero-order valence-corrected chi connectivity index (χ0v) is 11.1. The fourth-order valence-corrected chi connectivity index (χ4v) is 2.15. The molecule has 0 atom stereocenters. The fourth-order valence-electron chi connectivity index (χ4n) is 2.15. The van der Waals surface area contributed by atoms with Crippen LogP contribution in [-0.4, -0.2) is 20.7 Å². The molecule has 2 heterocycles. The van der Waals surface area contributed by atoms with E-state index in [2.05, 4.69) is 15.4 Å². The van der Waals surface area contributed by atoms with Crippen LogP contribution in [0.25, 0.3) is 10.9 Å². The number of benzene rings is 1. The van der Waals surface area contributed by atoms with Crippen molar-refractivity contribution >= 4 is 16.8 Å². The van der Waals surface area contributed by atoms with Crippen molar-refractivity contribution in [1.82, 2.24) is 20.1 Å². The van der Waals surface area contributed by atoms with Crippen LogP contribution >= 0.6 is 0 Å². The van der Waals surface area contributed by atoms with Crippen molar-refractivity contribution in [2.24, 2.45) is 7.05 Å². The number of aryl methyl sites for hydroxylation is 1. The highest BCUT2D eigenvalue weighted by Gasteiger charge is 2.15. The van der Waals surface area contributed by atoms with Gasteiger partial charge in [-0.25, -0.2) is 0 Å². The third kappa shape index (κ3) is 2.25. The van der Waals surface area contributed by atoms with E-state index in [1.54, 1.807) is 17.1 Å². The van der Waals surface area contributed by atoms with Crippen molar-refractivity contribution in [3.63, 3.8) is 0 Å². The first-order valence-corrected chi connectivity index (χ1v) is 6.34. The van der Waals surface area contributed by atoms with Crippen LogP contribution < -0.4 is 5.32 Å². The minimum Gasteiger partial charge on any atom is -0.347 e. The van der Waals surface area contributed by atoms with Crippen molar-refractivity contribution in [2.45, 2.75) is 6.54 Å². The van der Waals surface area contributed by atoms with Gasteiger partial charge in [-0.3, -0.25) is 14.5 Å². The smallest absolute Gasteiger partial charge is 0.272 e. The molecule has 5 nitrogen and oxygen atoms in total. The molecule has 0 saturated carbocycles. The summed E-state index contributed by atoms with van der Waals surface area (Å²) in [6.07, 6.45) is 3.41. The number of nitrogens with one attached hydrogen (secondary N) is 1. The predicted octanol–water partition coefficient (Wildman–Crippen LogP) is 1.90. The van der Waals surface area contributed by atoms with Crippen LogP contribution in [0.3, 0.4) is 0 Å². The number of amides is 1. The molecule has 1 amide bonds. The summed E-state index contributed by atoms with van der Waals surface area (Å²) in [5.41, 5.74) is 2.41. The monoisotopic (exact) mass is 266 g/mol. The minimum atomic E-state index is -0.168. The summed E-state index contributed by atoms with van der Waals surface area (Å²) in [5, 5.41) is 8.04. The van der Waals surface area contributed by atoms with Gasteiger partial charge in [-0.2, -0.15) is 5.10 Å². The van der Waals surface area contributed by atoms with Crippen molar-refractivity contribution in [3.8, 4) is 0 Å². The van der Waals surface area contributed by atoms with Gasteiger partial charge in [-0.05, 0) is 23.8 Å². The van der Waals surface area contributed by atoms with E-state index in [4.69, 9.17) is 0 Å². The first-order valence-electron chi connectivity index (χ1n) is 6.34. The van der Waals surface area contributed by atoms with Crippen LogP contribution in [0.1, 0.15) is 16.1 Å². The normalized spacial score (nSPS) is 10.7. The lowest BCUT2D eigenvalue weighted by atomic mass is 10.2. The zero-order chi connectivity index (χ0) is 13.9. The first kappa shape index (κ1) is 12.3. The Morgan fingerprint density at radius 2 is 1.95 bits per heavy atom. The second-order valence-corrected chi connectivity index (χ2v) is 4.53. The third-order valence-corrected chi connectivity index (χ3v) is 3.18. The molecule has 0 unspecified atom stereocenters. The van der Waals surface area contributed by atoms with E-state index < -0.39 is 0 Å². The van der Waals surface area contributed by atoms with E-state index in [9.17, 15) is 4.79 Å². The number of fused-ring (bicyclic) bond motifs is 1. The van der Waals surface area contributed by atoms with Gasteiger partial charge in [-0.1, -0.05) is 18.2 Å². The van der Waals surface area contributed by atoms with Crippen molar-refractivity contribution in [3.05, 3.63) is 60.0 Å². The molecule has 0 aliphatic rings. The Bertz CT molecular complexity index is 749. The number of hydrogen-bond donors (Lipinski definition) is 1. The van der Waals surface area contributed by atoms with Crippen molar-refractivity contribution in [1.29, 1.82) is 0 Å². The molecule has 100 valence electrons. The molecule has 2 aromatic heterocycles. The van der Waals surface area contributed by atoms with Gasteiger partial charge in [0.25, 0.3) is 5.91 Å². The summed E-state index contributed by atoms with van der Waals surface area (Å²) in [6.45, 7) is 0.465. The molecule has 0 aliphatic heterocycles. The fraction of sp³-hybridized carbons (Fsp3) is 0.133. The zero-order valence-electron chi connectivity index (χ0n) is 11.1. The molecule has 0 radical (unpaired) electrons. The lowest BCUT2D eigenvalue weighted by molar-refractivity contribution is 0.0947. The molecule has 0 aliphatic carbocycles. The van der Waals surface area contributed by atoms with Gasteiger partial charge in [-0.15, -0.1) is 0 Å². The summed E-state index contributed by atoms with van der Waals surface area (Å²) in [4.78, 5) is 16.2. The van der Waals surface area contributed by atoms with Gasteiger partial charge in [0.1, 0.15) is 0 Å². The Labute approximate surface area is 116 Å². The highest BCUT2D eigenvalue weighted by molar-refractivity contribution is 6.04. The molecule has 0 saturated heterocycles. The van der Waals surface area contributed by atoms with Gasteiger partial charge in [0.2, 0.25) is 0 Å². The first-order chi connectivity index (χ1) is 9.75. The number of carbonyl (C=O) groups is 1. The molecular formula is C15H14N4O. The van der Waals surface area contributed by atoms with Crippen molar-refractivity contribution < 1.29 is 4.79 Å². The molecule has 0 bridgehead atoms. The maximum absolute atomic E-state index is 12.2. The number of aromatic nitrogens is 3. The number of hydrogen-bond acceptors (Lipinski definition) is 3. The summed E-state index contributed by atoms with van der Waals surface area (Å²) in [7, 11) is 1.84. The Morgan fingerprint density at radius 1 is 1.20 bits per heavy atom. The SMILES string of the molecule is Cn1nc(C(=O)NCc2ccncc2)c2ccccc21. The van der Waals surface area contributed by atoms with Crippen LogP contribution in [-0.2, 0) is 13.6 Å². The number of para-hydroxylation sites is 1. The van der Waals surface area contributed by atoms with E-state index >= 15 is 0 Å². The topological polar surface area (TPSA) is 59.8 Å². The number of rotatable bonds is 3. The lowest BCUT2D eigenvalue weighted by Crippen LogP contribution is -2.23. The second kappa shape index (κ2) is 5.13. The maximum atomic E-state index is 12.2. The van der Waals surface area contributed by atoms with Crippen LogP contribution in [0.4, 0.5) is 0 Å². The summed E-state index contributed by atoms with van der Waals surface area (Å²) < 4.78 is 1.72. The van der Waals surface area contributed by atoms with Crippen LogP contribution in [0.5, 0.6) is 0 Å². The van der Waals surface area contributed by atoms with E-state index in [0.29, 0.717) is 12.2 Å². The van der Waals surface area contributed by atoms with E-state index in [1.165, 1.54) is 0 Å². The average Bonchev–Trinajstić information content (AvgIpc) is 2.84. The number of nitrogens with zero attached hydrogens (tertiary/aromatic N) is 3. The third-order valence-electron chi connectivity index (χ3n) is 3.18. The molecule has 0 spiro atoms. The van der Waals surface area contributed by atoms with Gasteiger partial charge in [0.05, 0.1) is 5.52 Å². The quantitative estimate of drug-likeness (QED) is 0.787. The second-order valence-electron chi connectivity index (χ2n) is 4.53. The maximum Gasteiger partial charge on any atom is 0.272 e. The lowest BCUT2D eigenvalue weighted by Gasteiger charge is -2.03. The molecular weight excluding hydrogens is 252 g/mol. The van der Waals surface area contributed by atoms with Crippen LogP contribution in [0.15, 0.2) is 48.8 Å². The molecule has 5 heteroatoms. The predicted molar refractivity (Wildman–Crippen MR) is 76.1 cm³/mol. The molecule has 1 N–H and O–H groups in total. The minimum absolute atomic E-state index is 0.168. The Kier molecular flexibility index (Phi) is 3.16. The van der Waals surface area contributed by atoms with E-state index in [1.807, 2.05) is 43.4 Å².